The lowest BCUT2D eigenvalue weighted by Crippen LogP contribution is -2.20. The summed E-state index contributed by atoms with van der Waals surface area (Å²) in [6.45, 7) is 3.68. The molecule has 0 unspecified atom stereocenters. The molecule has 33 heavy (non-hydrogen) atoms. The first kappa shape index (κ1) is 23.7. The molecule has 0 atom stereocenters. The van der Waals surface area contributed by atoms with Gasteiger partial charge in [-0.25, -0.2) is 9.18 Å². The van der Waals surface area contributed by atoms with Crippen LogP contribution in [0.1, 0.15) is 27.9 Å². The van der Waals surface area contributed by atoms with Crippen LogP contribution in [0.2, 0.25) is 0 Å². The summed E-state index contributed by atoms with van der Waals surface area (Å²) in [5, 5.41) is 16.7. The van der Waals surface area contributed by atoms with Gasteiger partial charge in [-0.1, -0.05) is 12.1 Å². The van der Waals surface area contributed by atoms with Crippen molar-refractivity contribution >= 4 is 46.6 Å². The largest absolute Gasteiger partial charge is 0.481 e. The topological polar surface area (TPSA) is 146 Å². The van der Waals surface area contributed by atoms with E-state index in [0.717, 1.165) is 22.7 Å². The Balaban J connectivity index is 1.78. The lowest BCUT2D eigenvalue weighted by Gasteiger charge is -2.12. The van der Waals surface area contributed by atoms with E-state index in [0.29, 0.717) is 16.1 Å². The van der Waals surface area contributed by atoms with Crippen LogP contribution in [-0.2, 0) is 4.79 Å². The van der Waals surface area contributed by atoms with E-state index in [-0.39, 0.29) is 30.0 Å². The summed E-state index contributed by atoms with van der Waals surface area (Å²) in [7, 11) is 0. The fourth-order valence-corrected chi connectivity index (χ4v) is 4.08. The van der Waals surface area contributed by atoms with E-state index in [1.165, 1.54) is 12.1 Å². The SMILES string of the molecule is Cc1ccc(F)c(NC(=O)Nc2ccc(-c3snc(NCCC(=O)O)c3C(N)=O)c(C)c2)c1. The highest BCUT2D eigenvalue weighted by atomic mass is 32.1. The Morgan fingerprint density at radius 1 is 1.12 bits per heavy atom. The van der Waals surface area contributed by atoms with Crippen molar-refractivity contribution in [2.45, 2.75) is 20.3 Å². The second-order valence-corrected chi connectivity index (χ2v) is 8.04. The molecule has 11 heteroatoms. The number of nitrogens with zero attached hydrogens (tertiary/aromatic N) is 1. The number of carbonyl (C=O) groups is 3. The molecule has 0 spiro atoms. The lowest BCUT2D eigenvalue weighted by atomic mass is 10.0. The Morgan fingerprint density at radius 3 is 2.55 bits per heavy atom. The fraction of sp³-hybridized carbons (Fsp3) is 0.182. The first-order valence-electron chi connectivity index (χ1n) is 9.86. The number of amides is 3. The van der Waals surface area contributed by atoms with Gasteiger partial charge in [-0.05, 0) is 66.3 Å². The number of rotatable bonds is 8. The molecule has 1 heterocycles. The number of urea groups is 1. The standard InChI is InChI=1S/C22H22FN5O4S/c1-11-3-6-15(23)16(9-11)27-22(32)26-13-4-5-14(12(2)10-13)19-18(20(24)31)21(28-33-19)25-8-7-17(29)30/h3-6,9-10H,7-8H2,1-2H3,(H2,24,31)(H,25,28)(H,29,30)(H2,26,27,32). The average molecular weight is 472 g/mol. The highest BCUT2D eigenvalue weighted by molar-refractivity contribution is 7.10. The van der Waals surface area contributed by atoms with E-state index >= 15 is 0 Å². The number of carboxylic acid groups (broad SMARTS) is 1. The number of aryl methyl sites for hydroxylation is 2. The van der Waals surface area contributed by atoms with E-state index in [1.807, 2.05) is 0 Å². The van der Waals surface area contributed by atoms with Gasteiger partial charge >= 0.3 is 12.0 Å². The summed E-state index contributed by atoms with van der Waals surface area (Å²) in [6, 6.07) is 8.85. The minimum absolute atomic E-state index is 0.0690. The highest BCUT2D eigenvalue weighted by Gasteiger charge is 2.21. The minimum Gasteiger partial charge on any atom is -0.481 e. The number of halogens is 1. The van der Waals surface area contributed by atoms with Crippen LogP contribution in [0, 0.1) is 19.7 Å². The number of benzene rings is 2. The van der Waals surface area contributed by atoms with E-state index in [1.54, 1.807) is 38.1 Å². The zero-order valence-electron chi connectivity index (χ0n) is 17.9. The zero-order valence-corrected chi connectivity index (χ0v) is 18.7. The van der Waals surface area contributed by atoms with Crippen LogP contribution >= 0.6 is 11.5 Å². The average Bonchev–Trinajstić information content (AvgIpc) is 3.14. The van der Waals surface area contributed by atoms with E-state index in [9.17, 15) is 18.8 Å². The van der Waals surface area contributed by atoms with Crippen molar-refractivity contribution in [3.05, 3.63) is 58.9 Å². The molecule has 0 aliphatic heterocycles. The maximum atomic E-state index is 13.9. The van der Waals surface area contributed by atoms with Gasteiger partial charge in [0, 0.05) is 12.2 Å². The molecule has 3 rings (SSSR count). The van der Waals surface area contributed by atoms with Crippen LogP contribution in [0.4, 0.5) is 26.4 Å². The van der Waals surface area contributed by atoms with Crippen LogP contribution in [-0.4, -0.2) is 33.9 Å². The van der Waals surface area contributed by atoms with Gasteiger partial charge in [-0.3, -0.25) is 9.59 Å². The maximum Gasteiger partial charge on any atom is 0.323 e. The Morgan fingerprint density at radius 2 is 1.88 bits per heavy atom. The van der Waals surface area contributed by atoms with Crippen molar-refractivity contribution in [3.63, 3.8) is 0 Å². The van der Waals surface area contributed by atoms with Crippen LogP contribution < -0.4 is 21.7 Å². The van der Waals surface area contributed by atoms with Gasteiger partial charge in [0.1, 0.15) is 11.4 Å². The normalized spacial score (nSPS) is 10.5. The third-order valence-corrected chi connectivity index (χ3v) is 5.55. The van der Waals surface area contributed by atoms with Gasteiger partial charge in [0.25, 0.3) is 5.91 Å². The number of carboxylic acids is 1. The lowest BCUT2D eigenvalue weighted by molar-refractivity contribution is -0.136. The number of anilines is 3. The fourth-order valence-electron chi connectivity index (χ4n) is 3.13. The van der Waals surface area contributed by atoms with E-state index in [2.05, 4.69) is 20.3 Å². The van der Waals surface area contributed by atoms with Crippen molar-refractivity contribution < 1.29 is 23.9 Å². The van der Waals surface area contributed by atoms with Crippen molar-refractivity contribution in [1.82, 2.24) is 4.37 Å². The summed E-state index contributed by atoms with van der Waals surface area (Å²) in [5.41, 5.74) is 8.47. The van der Waals surface area contributed by atoms with Crippen LogP contribution in [0.25, 0.3) is 10.4 Å². The number of nitrogens with two attached hydrogens (primary N) is 1. The third kappa shape index (κ3) is 5.83. The molecule has 9 nitrogen and oxygen atoms in total. The zero-order chi connectivity index (χ0) is 24.1. The van der Waals surface area contributed by atoms with Crippen molar-refractivity contribution in [2.24, 2.45) is 5.73 Å². The molecule has 0 bridgehead atoms. The molecule has 3 aromatic rings. The molecule has 0 aliphatic rings. The molecule has 2 aromatic carbocycles. The van der Waals surface area contributed by atoms with E-state index < -0.39 is 23.7 Å². The van der Waals surface area contributed by atoms with Crippen LogP contribution in [0.3, 0.4) is 0 Å². The summed E-state index contributed by atoms with van der Waals surface area (Å²) in [5.74, 6) is -1.99. The molecule has 172 valence electrons. The minimum atomic E-state index is -0.980. The predicted molar refractivity (Wildman–Crippen MR) is 125 cm³/mol. The van der Waals surface area contributed by atoms with Gasteiger partial charge in [0.15, 0.2) is 5.82 Å². The first-order chi connectivity index (χ1) is 15.7. The summed E-state index contributed by atoms with van der Waals surface area (Å²) in [4.78, 5) is 35.6. The number of hydrogen-bond acceptors (Lipinski definition) is 6. The van der Waals surface area contributed by atoms with Gasteiger partial charge in [-0.2, -0.15) is 4.37 Å². The maximum absolute atomic E-state index is 13.9. The predicted octanol–water partition coefficient (Wildman–Crippen LogP) is 4.20. The van der Waals surface area contributed by atoms with Crippen molar-refractivity contribution in [1.29, 1.82) is 0 Å². The quantitative estimate of drug-likeness (QED) is 0.333. The van der Waals surface area contributed by atoms with Crippen molar-refractivity contribution in [3.8, 4) is 10.4 Å². The number of nitrogens with one attached hydrogen (secondary N) is 3. The summed E-state index contributed by atoms with van der Waals surface area (Å²) < 4.78 is 18.1. The van der Waals surface area contributed by atoms with Crippen LogP contribution in [0.5, 0.6) is 0 Å². The number of carbonyl (C=O) groups excluding carboxylic acids is 2. The monoisotopic (exact) mass is 471 g/mol. The van der Waals surface area contributed by atoms with Crippen LogP contribution in [0.15, 0.2) is 36.4 Å². The summed E-state index contributed by atoms with van der Waals surface area (Å²) >= 11 is 1.05. The van der Waals surface area contributed by atoms with Gasteiger partial charge in [0.05, 0.1) is 17.0 Å². The smallest absolute Gasteiger partial charge is 0.323 e. The summed E-state index contributed by atoms with van der Waals surface area (Å²) in [6.07, 6.45) is -0.140. The van der Waals surface area contributed by atoms with Gasteiger partial charge in [0.2, 0.25) is 0 Å². The molecule has 1 aromatic heterocycles. The molecule has 0 fully saturated rings. The molecule has 3 amide bonds. The number of primary amides is 1. The second kappa shape index (κ2) is 10.1. The number of aromatic nitrogens is 1. The Kier molecular flexibility index (Phi) is 7.23. The first-order valence-corrected chi connectivity index (χ1v) is 10.6. The molecule has 6 N–H and O–H groups in total. The Labute approximate surface area is 193 Å². The third-order valence-electron chi connectivity index (χ3n) is 4.67. The molecular formula is C22H22FN5O4S. The van der Waals surface area contributed by atoms with E-state index in [4.69, 9.17) is 10.8 Å². The Hall–Kier alpha value is -3.99. The van der Waals surface area contributed by atoms with Gasteiger partial charge < -0.3 is 26.8 Å². The second-order valence-electron chi connectivity index (χ2n) is 7.26. The number of aliphatic carboxylic acids is 1. The molecule has 0 saturated heterocycles. The molecule has 0 aliphatic carbocycles. The molecule has 0 saturated carbocycles. The molecule has 0 radical (unpaired) electrons. The molecular weight excluding hydrogens is 449 g/mol. The highest BCUT2D eigenvalue weighted by Crippen LogP contribution is 2.36. The van der Waals surface area contributed by atoms with Crippen molar-refractivity contribution in [2.75, 3.05) is 22.5 Å². The van der Waals surface area contributed by atoms with Gasteiger partial charge in [-0.15, -0.1) is 0 Å². The number of hydrogen-bond donors (Lipinski definition) is 5. The Bertz CT molecular complexity index is 1230.